The minimum Gasteiger partial charge on any atom is -0.336 e. The second-order valence-electron chi connectivity index (χ2n) is 6.97. The van der Waals surface area contributed by atoms with E-state index in [9.17, 15) is 9.18 Å². The molecular weight excluding hydrogens is 315 g/mol. The van der Waals surface area contributed by atoms with E-state index in [1.807, 2.05) is 4.90 Å². The third-order valence-electron chi connectivity index (χ3n) is 4.80. The van der Waals surface area contributed by atoms with Gasteiger partial charge in [-0.15, -0.1) is 0 Å². The van der Waals surface area contributed by atoms with Gasteiger partial charge in [0.25, 0.3) is 5.91 Å². The van der Waals surface area contributed by atoms with Crippen molar-refractivity contribution in [2.75, 3.05) is 26.2 Å². The molecule has 3 nitrogen and oxygen atoms in total. The summed E-state index contributed by atoms with van der Waals surface area (Å²) in [5.41, 5.74) is 3.22. The monoisotopic (exact) mass is 340 g/mol. The first-order valence-corrected chi connectivity index (χ1v) is 8.89. The molecule has 0 spiro atoms. The van der Waals surface area contributed by atoms with E-state index in [2.05, 4.69) is 43.0 Å². The molecule has 1 fully saturated rings. The molecule has 0 saturated carbocycles. The maximum Gasteiger partial charge on any atom is 0.253 e. The summed E-state index contributed by atoms with van der Waals surface area (Å²) in [4.78, 5) is 16.7. The molecule has 1 aliphatic heterocycles. The minimum atomic E-state index is -0.315. The molecule has 0 bridgehead atoms. The van der Waals surface area contributed by atoms with Crippen molar-refractivity contribution in [3.63, 3.8) is 0 Å². The van der Waals surface area contributed by atoms with Crippen LogP contribution in [0.2, 0.25) is 0 Å². The zero-order valence-corrected chi connectivity index (χ0v) is 14.9. The molecule has 0 N–H and O–H groups in total. The molecule has 0 aliphatic carbocycles. The third kappa shape index (κ3) is 4.45. The summed E-state index contributed by atoms with van der Waals surface area (Å²) >= 11 is 0. The molecule has 132 valence electrons. The zero-order chi connectivity index (χ0) is 17.8. The first kappa shape index (κ1) is 17.6. The third-order valence-corrected chi connectivity index (χ3v) is 4.80. The first-order valence-electron chi connectivity index (χ1n) is 8.89. The highest BCUT2D eigenvalue weighted by Gasteiger charge is 2.22. The Labute approximate surface area is 149 Å². The maximum absolute atomic E-state index is 13.0. The number of piperazine rings is 1. The Balaban J connectivity index is 1.53. The lowest BCUT2D eigenvalue weighted by atomic mass is 10.0. The van der Waals surface area contributed by atoms with Gasteiger partial charge in [0.05, 0.1) is 0 Å². The molecule has 1 heterocycles. The van der Waals surface area contributed by atoms with Crippen LogP contribution in [0.15, 0.2) is 48.5 Å². The number of nitrogens with zero attached hydrogens (tertiary/aromatic N) is 2. The molecule has 1 amide bonds. The number of carbonyl (C=O) groups is 1. The normalized spacial score (nSPS) is 15.6. The maximum atomic E-state index is 13.0. The fourth-order valence-corrected chi connectivity index (χ4v) is 3.15. The number of carbonyl (C=O) groups excluding carboxylic acids is 1. The van der Waals surface area contributed by atoms with Gasteiger partial charge in [0.2, 0.25) is 0 Å². The zero-order valence-electron chi connectivity index (χ0n) is 14.9. The number of benzene rings is 2. The fraction of sp³-hybridized carbons (Fsp3) is 0.381. The second-order valence-corrected chi connectivity index (χ2v) is 6.97. The van der Waals surface area contributed by atoms with Crippen LogP contribution >= 0.6 is 0 Å². The summed E-state index contributed by atoms with van der Waals surface area (Å²) in [7, 11) is 0. The number of hydrogen-bond acceptors (Lipinski definition) is 2. The molecular formula is C21H25FN2O. The van der Waals surface area contributed by atoms with Crippen LogP contribution in [0.3, 0.4) is 0 Å². The average molecular weight is 340 g/mol. The Kier molecular flexibility index (Phi) is 5.49. The summed E-state index contributed by atoms with van der Waals surface area (Å²) in [5, 5.41) is 0. The van der Waals surface area contributed by atoms with Crippen LogP contribution < -0.4 is 0 Å². The summed E-state index contributed by atoms with van der Waals surface area (Å²) in [6.07, 6.45) is 0. The van der Waals surface area contributed by atoms with E-state index in [1.54, 1.807) is 12.1 Å². The van der Waals surface area contributed by atoms with Gasteiger partial charge in [0.15, 0.2) is 0 Å². The molecule has 0 radical (unpaired) electrons. The smallest absolute Gasteiger partial charge is 0.253 e. The number of amides is 1. The second kappa shape index (κ2) is 7.79. The van der Waals surface area contributed by atoms with Crippen LogP contribution in [0.4, 0.5) is 4.39 Å². The van der Waals surface area contributed by atoms with Gasteiger partial charge in [-0.25, -0.2) is 4.39 Å². The van der Waals surface area contributed by atoms with Crippen molar-refractivity contribution in [2.24, 2.45) is 0 Å². The van der Waals surface area contributed by atoms with E-state index in [-0.39, 0.29) is 11.7 Å². The SMILES string of the molecule is CC(C)c1ccc(CN2CCN(C(=O)c3ccc(F)cc3)CC2)cc1. The largest absolute Gasteiger partial charge is 0.336 e. The van der Waals surface area contributed by atoms with Gasteiger partial charge in [-0.05, 0) is 41.3 Å². The van der Waals surface area contributed by atoms with Crippen LogP contribution in [0.1, 0.15) is 41.3 Å². The summed E-state index contributed by atoms with van der Waals surface area (Å²) < 4.78 is 13.0. The van der Waals surface area contributed by atoms with Crippen LogP contribution in [-0.4, -0.2) is 41.9 Å². The van der Waals surface area contributed by atoms with Crippen molar-refractivity contribution in [1.29, 1.82) is 0 Å². The molecule has 4 heteroatoms. The number of hydrogen-bond donors (Lipinski definition) is 0. The lowest BCUT2D eigenvalue weighted by Crippen LogP contribution is -2.48. The van der Waals surface area contributed by atoms with E-state index >= 15 is 0 Å². The molecule has 0 aromatic heterocycles. The standard InChI is InChI=1S/C21H25FN2O/c1-16(2)18-5-3-17(4-6-18)15-23-11-13-24(14-12-23)21(25)19-7-9-20(22)10-8-19/h3-10,16H,11-15H2,1-2H3. The van der Waals surface area contributed by atoms with Crippen molar-refractivity contribution in [1.82, 2.24) is 9.80 Å². The lowest BCUT2D eigenvalue weighted by Gasteiger charge is -2.34. The van der Waals surface area contributed by atoms with Crippen LogP contribution in [0.25, 0.3) is 0 Å². The molecule has 0 atom stereocenters. The first-order chi connectivity index (χ1) is 12.0. The molecule has 1 saturated heterocycles. The molecule has 2 aromatic carbocycles. The van der Waals surface area contributed by atoms with E-state index in [4.69, 9.17) is 0 Å². The van der Waals surface area contributed by atoms with Gasteiger partial charge in [-0.2, -0.15) is 0 Å². The van der Waals surface area contributed by atoms with Crippen LogP contribution in [-0.2, 0) is 6.54 Å². The van der Waals surface area contributed by atoms with Crippen LogP contribution in [0.5, 0.6) is 0 Å². The highest BCUT2D eigenvalue weighted by atomic mass is 19.1. The molecule has 0 unspecified atom stereocenters. The van der Waals surface area contributed by atoms with Gasteiger partial charge in [0, 0.05) is 38.3 Å². The lowest BCUT2D eigenvalue weighted by molar-refractivity contribution is 0.0628. The van der Waals surface area contributed by atoms with E-state index in [0.29, 0.717) is 24.6 Å². The van der Waals surface area contributed by atoms with Crippen molar-refractivity contribution in [3.05, 3.63) is 71.0 Å². The topological polar surface area (TPSA) is 23.6 Å². The van der Waals surface area contributed by atoms with Gasteiger partial charge in [0.1, 0.15) is 5.82 Å². The van der Waals surface area contributed by atoms with Crippen molar-refractivity contribution in [3.8, 4) is 0 Å². The molecule has 25 heavy (non-hydrogen) atoms. The van der Waals surface area contributed by atoms with Gasteiger partial charge in [-0.3, -0.25) is 9.69 Å². The van der Waals surface area contributed by atoms with Gasteiger partial charge in [-0.1, -0.05) is 38.1 Å². The van der Waals surface area contributed by atoms with Crippen LogP contribution in [0, 0.1) is 5.82 Å². The van der Waals surface area contributed by atoms with Crippen molar-refractivity contribution in [2.45, 2.75) is 26.3 Å². The van der Waals surface area contributed by atoms with Crippen molar-refractivity contribution < 1.29 is 9.18 Å². The molecule has 3 rings (SSSR count). The Hall–Kier alpha value is -2.20. The fourth-order valence-electron chi connectivity index (χ4n) is 3.15. The average Bonchev–Trinajstić information content (AvgIpc) is 2.63. The van der Waals surface area contributed by atoms with Crippen molar-refractivity contribution >= 4 is 5.91 Å². The number of rotatable bonds is 4. The summed E-state index contributed by atoms with van der Waals surface area (Å²) in [6, 6.07) is 14.6. The van der Waals surface area contributed by atoms with E-state index < -0.39 is 0 Å². The Morgan fingerprint density at radius 1 is 0.960 bits per heavy atom. The Morgan fingerprint density at radius 2 is 1.56 bits per heavy atom. The number of halogens is 1. The summed E-state index contributed by atoms with van der Waals surface area (Å²) in [5.74, 6) is 0.223. The summed E-state index contributed by atoms with van der Waals surface area (Å²) in [6.45, 7) is 8.45. The van der Waals surface area contributed by atoms with E-state index in [1.165, 1.54) is 23.3 Å². The predicted octanol–water partition coefficient (Wildman–Crippen LogP) is 3.91. The highest BCUT2D eigenvalue weighted by Crippen LogP contribution is 2.17. The quantitative estimate of drug-likeness (QED) is 0.842. The molecule has 1 aliphatic rings. The Bertz CT molecular complexity index is 702. The van der Waals surface area contributed by atoms with Gasteiger partial charge < -0.3 is 4.90 Å². The van der Waals surface area contributed by atoms with Gasteiger partial charge >= 0.3 is 0 Å². The Morgan fingerprint density at radius 3 is 2.12 bits per heavy atom. The molecule has 2 aromatic rings. The predicted molar refractivity (Wildman–Crippen MR) is 98.1 cm³/mol. The highest BCUT2D eigenvalue weighted by molar-refractivity contribution is 5.94. The van der Waals surface area contributed by atoms with E-state index in [0.717, 1.165) is 19.6 Å². The minimum absolute atomic E-state index is 0.0130.